The van der Waals surface area contributed by atoms with Gasteiger partial charge in [-0.2, -0.15) is 0 Å². The van der Waals surface area contributed by atoms with Gasteiger partial charge in [-0.05, 0) is 72.3 Å². The Balaban J connectivity index is 1.35. The Labute approximate surface area is 168 Å². The molecular formula is C26H30O2. The Morgan fingerprint density at radius 3 is 2.86 bits per heavy atom. The molecule has 2 aromatic rings. The molecule has 0 N–H and O–H groups in total. The van der Waals surface area contributed by atoms with Crippen LogP contribution in [-0.2, 0) is 17.8 Å². The number of ether oxygens (including phenoxy) is 2. The molecular weight excluding hydrogens is 344 g/mol. The summed E-state index contributed by atoms with van der Waals surface area (Å²) < 4.78 is 11.9. The zero-order valence-corrected chi connectivity index (χ0v) is 16.8. The van der Waals surface area contributed by atoms with Gasteiger partial charge in [-0.1, -0.05) is 49.9 Å². The minimum absolute atomic E-state index is 0.332. The van der Waals surface area contributed by atoms with Crippen LogP contribution >= 0.6 is 0 Å². The molecule has 1 saturated heterocycles. The van der Waals surface area contributed by atoms with Gasteiger partial charge in [-0.25, -0.2) is 0 Å². The van der Waals surface area contributed by atoms with Crippen LogP contribution in [0.15, 0.2) is 60.9 Å². The van der Waals surface area contributed by atoms with Gasteiger partial charge in [0, 0.05) is 11.8 Å². The van der Waals surface area contributed by atoms with Gasteiger partial charge in [-0.15, -0.1) is 0 Å². The summed E-state index contributed by atoms with van der Waals surface area (Å²) in [7, 11) is 0. The van der Waals surface area contributed by atoms with Gasteiger partial charge in [0.05, 0.1) is 12.4 Å². The van der Waals surface area contributed by atoms with E-state index >= 15 is 0 Å². The molecule has 1 saturated carbocycles. The Bertz CT molecular complexity index is 871. The first-order valence-electron chi connectivity index (χ1n) is 10.7. The normalized spacial score (nSPS) is 31.2. The van der Waals surface area contributed by atoms with E-state index in [-0.39, 0.29) is 0 Å². The quantitative estimate of drug-likeness (QED) is 0.631. The van der Waals surface area contributed by atoms with Crippen molar-refractivity contribution in [2.24, 2.45) is 17.3 Å². The molecule has 2 aliphatic carbocycles. The van der Waals surface area contributed by atoms with Gasteiger partial charge in [0.2, 0.25) is 0 Å². The number of benzene rings is 2. The van der Waals surface area contributed by atoms with Crippen molar-refractivity contribution in [1.82, 2.24) is 0 Å². The molecule has 0 amide bonds. The van der Waals surface area contributed by atoms with Crippen LogP contribution in [0, 0.1) is 17.3 Å². The van der Waals surface area contributed by atoms with Crippen molar-refractivity contribution in [2.45, 2.75) is 51.6 Å². The maximum absolute atomic E-state index is 6.08. The topological polar surface area (TPSA) is 18.5 Å². The fraction of sp³-hybridized carbons (Fsp3) is 0.462. The summed E-state index contributed by atoms with van der Waals surface area (Å²) in [5.74, 6) is 4.17. The van der Waals surface area contributed by atoms with Crippen molar-refractivity contribution in [2.75, 3.05) is 6.61 Å². The van der Waals surface area contributed by atoms with Gasteiger partial charge < -0.3 is 9.47 Å². The predicted octanol–water partition coefficient (Wildman–Crippen LogP) is 6.26. The lowest BCUT2D eigenvalue weighted by atomic mass is 9.53. The van der Waals surface area contributed by atoms with Crippen LogP contribution in [0.25, 0.3) is 0 Å². The van der Waals surface area contributed by atoms with Gasteiger partial charge >= 0.3 is 0 Å². The van der Waals surface area contributed by atoms with Gasteiger partial charge in [-0.3, -0.25) is 0 Å². The number of fused-ring (bicyclic) bond motifs is 5. The van der Waals surface area contributed by atoms with Gasteiger partial charge in [0.25, 0.3) is 0 Å². The molecule has 0 spiro atoms. The van der Waals surface area contributed by atoms with Crippen LogP contribution in [0.3, 0.4) is 0 Å². The van der Waals surface area contributed by atoms with Crippen LogP contribution in [0.5, 0.6) is 5.75 Å². The molecule has 0 unspecified atom stereocenters. The minimum Gasteiger partial charge on any atom is -0.498 e. The Morgan fingerprint density at radius 2 is 2.00 bits per heavy atom. The second-order valence-corrected chi connectivity index (χ2v) is 9.27. The van der Waals surface area contributed by atoms with Crippen molar-refractivity contribution < 1.29 is 9.47 Å². The third-order valence-electron chi connectivity index (χ3n) is 7.52. The summed E-state index contributed by atoms with van der Waals surface area (Å²) in [6.07, 6.45) is 6.04. The average Bonchev–Trinajstić information content (AvgIpc) is 2.73. The third-order valence-corrected chi connectivity index (χ3v) is 7.52. The lowest BCUT2D eigenvalue weighted by molar-refractivity contribution is -0.0644. The van der Waals surface area contributed by atoms with E-state index in [4.69, 9.17) is 9.47 Å². The predicted molar refractivity (Wildman–Crippen MR) is 112 cm³/mol. The molecule has 4 atom stereocenters. The molecule has 2 nitrogen and oxygen atoms in total. The van der Waals surface area contributed by atoms with Crippen LogP contribution in [0.4, 0.5) is 0 Å². The number of allylic oxidation sites excluding steroid dienone is 1. The highest BCUT2D eigenvalue weighted by Crippen LogP contribution is 2.58. The van der Waals surface area contributed by atoms with Crippen molar-refractivity contribution >= 4 is 0 Å². The summed E-state index contributed by atoms with van der Waals surface area (Å²) in [6, 6.07) is 17.2. The zero-order valence-electron chi connectivity index (χ0n) is 16.8. The van der Waals surface area contributed by atoms with E-state index in [2.05, 4.69) is 56.0 Å². The second-order valence-electron chi connectivity index (χ2n) is 9.27. The minimum atomic E-state index is 0.332. The number of hydrogen-bond donors (Lipinski definition) is 0. The molecule has 2 aromatic carbocycles. The van der Waals surface area contributed by atoms with E-state index in [0.29, 0.717) is 17.9 Å². The molecule has 2 heteroatoms. The van der Waals surface area contributed by atoms with Gasteiger partial charge in [0.15, 0.2) is 0 Å². The fourth-order valence-electron chi connectivity index (χ4n) is 5.93. The molecule has 2 fully saturated rings. The van der Waals surface area contributed by atoms with E-state index in [1.807, 2.05) is 6.07 Å². The molecule has 146 valence electrons. The smallest absolute Gasteiger partial charge is 0.120 e. The summed E-state index contributed by atoms with van der Waals surface area (Å²) in [5, 5.41) is 0. The highest BCUT2D eigenvalue weighted by molar-refractivity contribution is 5.41. The number of hydrogen-bond acceptors (Lipinski definition) is 2. The third kappa shape index (κ3) is 3.13. The van der Waals surface area contributed by atoms with E-state index in [0.717, 1.165) is 36.4 Å². The molecule has 28 heavy (non-hydrogen) atoms. The summed E-state index contributed by atoms with van der Waals surface area (Å²) in [6.45, 7) is 8.07. The van der Waals surface area contributed by atoms with Gasteiger partial charge in [0.1, 0.15) is 12.4 Å². The summed E-state index contributed by atoms with van der Waals surface area (Å²) in [5.41, 5.74) is 4.62. The number of aryl methyl sites for hydroxylation is 1. The molecule has 3 aliphatic rings. The first-order valence-corrected chi connectivity index (χ1v) is 10.7. The largest absolute Gasteiger partial charge is 0.498 e. The van der Waals surface area contributed by atoms with E-state index in [9.17, 15) is 0 Å². The first-order chi connectivity index (χ1) is 13.6. The van der Waals surface area contributed by atoms with Crippen molar-refractivity contribution in [3.05, 3.63) is 77.6 Å². The molecule has 1 aliphatic heterocycles. The van der Waals surface area contributed by atoms with Crippen molar-refractivity contribution in [3.63, 3.8) is 0 Å². The van der Waals surface area contributed by atoms with Crippen LogP contribution in [0.2, 0.25) is 0 Å². The lowest BCUT2D eigenvalue weighted by Crippen LogP contribution is -2.47. The van der Waals surface area contributed by atoms with E-state index < -0.39 is 0 Å². The highest BCUT2D eigenvalue weighted by Gasteiger charge is 2.50. The summed E-state index contributed by atoms with van der Waals surface area (Å²) >= 11 is 0. The fourth-order valence-corrected chi connectivity index (χ4v) is 5.93. The summed E-state index contributed by atoms with van der Waals surface area (Å²) in [4.78, 5) is 0. The standard InChI is InChI=1S/C26H30O2/c1-18-14-25-24-10-8-20-15-21(27-16-19-6-4-3-5-7-19)9-11-22(20)23(24)12-13-26(25,2)17-28-18/h3-7,9,11,15,23-25H,1,8,10,12-14,16-17H2,2H3/t23-,24-,25+,26-/m1/s1. The van der Waals surface area contributed by atoms with Crippen molar-refractivity contribution in [3.8, 4) is 5.75 Å². The zero-order chi connectivity index (χ0) is 19.1. The lowest BCUT2D eigenvalue weighted by Gasteiger charge is -2.54. The molecule has 0 aromatic heterocycles. The van der Waals surface area contributed by atoms with E-state index in [1.165, 1.54) is 36.8 Å². The Morgan fingerprint density at radius 1 is 1.14 bits per heavy atom. The highest BCUT2D eigenvalue weighted by atomic mass is 16.5. The van der Waals surface area contributed by atoms with E-state index in [1.54, 1.807) is 5.56 Å². The maximum atomic E-state index is 6.08. The molecule has 0 radical (unpaired) electrons. The SMILES string of the molecule is C=C1C[C@H]2[C@@H]3CCc4cc(OCc5ccccc5)ccc4[C@H]3CC[C@]2(C)CO1. The first kappa shape index (κ1) is 17.8. The maximum Gasteiger partial charge on any atom is 0.120 e. The monoisotopic (exact) mass is 374 g/mol. The van der Waals surface area contributed by atoms with Crippen molar-refractivity contribution in [1.29, 1.82) is 0 Å². The average molecular weight is 375 g/mol. The number of rotatable bonds is 3. The molecule has 1 heterocycles. The molecule has 5 rings (SSSR count). The van der Waals surface area contributed by atoms with Crippen LogP contribution in [-0.4, -0.2) is 6.61 Å². The van der Waals surface area contributed by atoms with Crippen LogP contribution in [0.1, 0.15) is 55.2 Å². The molecule has 0 bridgehead atoms. The Kier molecular flexibility index (Phi) is 4.45. The Hall–Kier alpha value is -2.22. The second kappa shape index (κ2) is 6.99. The van der Waals surface area contributed by atoms with Crippen LogP contribution < -0.4 is 4.74 Å².